The highest BCUT2D eigenvalue weighted by atomic mass is 127. The molecule has 0 aliphatic heterocycles. The van der Waals surface area contributed by atoms with E-state index in [9.17, 15) is 0 Å². The smallest absolute Gasteiger partial charge is 0.141 e. The van der Waals surface area contributed by atoms with Crippen molar-refractivity contribution in [3.05, 3.63) is 41.9 Å². The van der Waals surface area contributed by atoms with Crippen molar-refractivity contribution in [2.24, 2.45) is 7.05 Å². The van der Waals surface area contributed by atoms with Crippen LogP contribution in [0.2, 0.25) is 0 Å². The number of rotatable bonds is 5. The summed E-state index contributed by atoms with van der Waals surface area (Å²) in [5, 5.41) is 9.86. The molecular formula is C21H22IN5OS. The number of anilines is 1. The topological polar surface area (TPSA) is 67.8 Å². The van der Waals surface area contributed by atoms with E-state index in [1.165, 1.54) is 5.56 Å². The summed E-state index contributed by atoms with van der Waals surface area (Å²) in [5.74, 6) is 0.821. The fourth-order valence-corrected chi connectivity index (χ4v) is 5.14. The molecule has 3 heterocycles. The number of aromatic nitrogens is 4. The van der Waals surface area contributed by atoms with Crippen LogP contribution in [0, 0.1) is 13.8 Å². The van der Waals surface area contributed by atoms with Gasteiger partial charge in [0.15, 0.2) is 0 Å². The zero-order valence-electron chi connectivity index (χ0n) is 16.9. The summed E-state index contributed by atoms with van der Waals surface area (Å²) in [7, 11) is 7.21. The molecular weight excluding hydrogens is 497 g/mol. The summed E-state index contributed by atoms with van der Waals surface area (Å²) in [5.41, 5.74) is 8.65. The maximum atomic E-state index is 5.47. The van der Waals surface area contributed by atoms with E-state index >= 15 is 0 Å². The Balaban J connectivity index is 2.01. The van der Waals surface area contributed by atoms with Gasteiger partial charge in [0.25, 0.3) is 0 Å². The van der Waals surface area contributed by atoms with Crippen molar-refractivity contribution < 1.29 is 4.74 Å². The van der Waals surface area contributed by atoms with Crippen molar-refractivity contribution in [2.75, 3.05) is 19.5 Å². The number of methoxy groups -OCH3 is 1. The molecule has 0 unspecified atom stereocenters. The Bertz CT molecular complexity index is 1210. The van der Waals surface area contributed by atoms with Gasteiger partial charge in [0.1, 0.15) is 11.4 Å². The fraction of sp³-hybridized carbons (Fsp3) is 0.238. The van der Waals surface area contributed by atoms with Crippen molar-refractivity contribution in [3.8, 4) is 28.0 Å². The van der Waals surface area contributed by atoms with Crippen LogP contribution in [0.3, 0.4) is 0 Å². The molecule has 8 heteroatoms. The van der Waals surface area contributed by atoms with Gasteiger partial charge in [0.05, 0.1) is 24.0 Å². The van der Waals surface area contributed by atoms with Crippen LogP contribution < -0.4 is 10.1 Å². The third-order valence-electron chi connectivity index (χ3n) is 5.41. The van der Waals surface area contributed by atoms with Gasteiger partial charge in [-0.15, -0.1) is 0 Å². The Morgan fingerprint density at radius 1 is 1.21 bits per heavy atom. The second-order valence-corrected chi connectivity index (χ2v) is 8.74. The van der Waals surface area contributed by atoms with Crippen molar-refractivity contribution in [2.45, 2.75) is 18.9 Å². The number of nitrogens with one attached hydrogen (secondary N) is 2. The number of aryl methyl sites for hydroxylation is 2. The third kappa shape index (κ3) is 3.28. The zero-order chi connectivity index (χ0) is 20.7. The predicted molar refractivity (Wildman–Crippen MR) is 129 cm³/mol. The zero-order valence-corrected chi connectivity index (χ0v) is 19.9. The van der Waals surface area contributed by atoms with Gasteiger partial charge in [-0.1, -0.05) is 6.07 Å². The van der Waals surface area contributed by atoms with Crippen LogP contribution >= 0.6 is 30.1 Å². The quantitative estimate of drug-likeness (QED) is 0.329. The number of ether oxygens (including phenoxy) is 1. The van der Waals surface area contributed by atoms with Crippen LogP contribution in [0.25, 0.3) is 33.3 Å². The second kappa shape index (κ2) is 7.91. The van der Waals surface area contributed by atoms with Crippen molar-refractivity contribution >= 4 is 46.9 Å². The molecule has 0 amide bonds. The Morgan fingerprint density at radius 3 is 2.62 bits per heavy atom. The lowest BCUT2D eigenvalue weighted by atomic mass is 9.96. The van der Waals surface area contributed by atoms with E-state index in [2.05, 4.69) is 62.6 Å². The van der Waals surface area contributed by atoms with Gasteiger partial charge < -0.3 is 15.0 Å². The number of benzene rings is 1. The number of H-pyrrole nitrogens is 1. The lowest BCUT2D eigenvalue weighted by Gasteiger charge is -2.12. The first-order chi connectivity index (χ1) is 14.0. The molecule has 150 valence electrons. The monoisotopic (exact) mass is 519 g/mol. The molecule has 0 bridgehead atoms. The average Bonchev–Trinajstić information content (AvgIpc) is 3.28. The summed E-state index contributed by atoms with van der Waals surface area (Å²) in [6, 6.07) is 6.22. The van der Waals surface area contributed by atoms with E-state index < -0.39 is 0 Å². The maximum Gasteiger partial charge on any atom is 0.141 e. The molecule has 6 nitrogen and oxygen atoms in total. The van der Waals surface area contributed by atoms with E-state index in [4.69, 9.17) is 9.72 Å². The SMILES string of the molecule is CNc1cc(-c2c(SI)[nH]c3ncc(-c4cnn(C)c4C)c(C)c23)ccc1OC. The molecule has 29 heavy (non-hydrogen) atoms. The molecule has 0 radical (unpaired) electrons. The average molecular weight is 519 g/mol. The first-order valence-electron chi connectivity index (χ1n) is 9.15. The molecule has 4 rings (SSSR count). The van der Waals surface area contributed by atoms with Gasteiger partial charge in [0, 0.05) is 69.3 Å². The van der Waals surface area contributed by atoms with Crippen LogP contribution in [0.1, 0.15) is 11.3 Å². The molecule has 0 saturated heterocycles. The molecule has 4 aromatic rings. The molecule has 3 aromatic heterocycles. The summed E-state index contributed by atoms with van der Waals surface area (Å²) in [6.07, 6.45) is 3.86. The van der Waals surface area contributed by atoms with Gasteiger partial charge in [-0.2, -0.15) is 5.10 Å². The van der Waals surface area contributed by atoms with Crippen molar-refractivity contribution in [1.29, 1.82) is 0 Å². The number of pyridine rings is 1. The van der Waals surface area contributed by atoms with Crippen LogP contribution in [-0.2, 0) is 7.05 Å². The summed E-state index contributed by atoms with van der Waals surface area (Å²) >= 11 is 2.32. The van der Waals surface area contributed by atoms with E-state index in [1.807, 2.05) is 37.2 Å². The van der Waals surface area contributed by atoms with E-state index in [-0.39, 0.29) is 0 Å². The first kappa shape index (κ1) is 20.1. The fourth-order valence-electron chi connectivity index (χ4n) is 3.71. The molecule has 0 spiro atoms. The Morgan fingerprint density at radius 2 is 2.00 bits per heavy atom. The van der Waals surface area contributed by atoms with Crippen LogP contribution in [0.4, 0.5) is 5.69 Å². The van der Waals surface area contributed by atoms with Crippen molar-refractivity contribution in [1.82, 2.24) is 19.7 Å². The second-order valence-electron chi connectivity index (χ2n) is 6.86. The molecule has 0 atom stereocenters. The number of aromatic amines is 1. The van der Waals surface area contributed by atoms with Gasteiger partial charge in [-0.05, 0) is 46.0 Å². The minimum atomic E-state index is 0.821. The van der Waals surface area contributed by atoms with Crippen LogP contribution in [0.5, 0.6) is 5.75 Å². The molecule has 2 N–H and O–H groups in total. The lowest BCUT2D eigenvalue weighted by molar-refractivity contribution is 0.416. The van der Waals surface area contributed by atoms with Crippen LogP contribution in [0.15, 0.2) is 35.6 Å². The largest absolute Gasteiger partial charge is 0.495 e. The minimum Gasteiger partial charge on any atom is -0.495 e. The number of fused-ring (bicyclic) bond motifs is 1. The van der Waals surface area contributed by atoms with Crippen molar-refractivity contribution in [3.63, 3.8) is 0 Å². The molecule has 1 aromatic carbocycles. The Kier molecular flexibility index (Phi) is 5.48. The van der Waals surface area contributed by atoms with Gasteiger partial charge >= 0.3 is 0 Å². The summed E-state index contributed by atoms with van der Waals surface area (Å²) in [4.78, 5) is 8.24. The Labute approximate surface area is 186 Å². The predicted octanol–water partition coefficient (Wildman–Crippen LogP) is 5.74. The number of nitrogens with zero attached hydrogens (tertiary/aromatic N) is 3. The first-order valence-corrected chi connectivity index (χ1v) is 12.5. The van der Waals surface area contributed by atoms with Gasteiger partial charge in [-0.25, -0.2) is 4.98 Å². The third-order valence-corrected chi connectivity index (χ3v) is 7.19. The normalized spacial score (nSPS) is 11.2. The van der Waals surface area contributed by atoms with E-state index in [1.54, 1.807) is 16.0 Å². The lowest BCUT2D eigenvalue weighted by Crippen LogP contribution is -1.95. The number of hydrogen-bond donors (Lipinski definition) is 2. The number of hydrogen-bond acceptors (Lipinski definition) is 5. The summed E-state index contributed by atoms with van der Waals surface area (Å²) < 4.78 is 7.36. The van der Waals surface area contributed by atoms with Crippen LogP contribution in [-0.4, -0.2) is 33.9 Å². The Hall–Kier alpha value is -2.20. The number of halogens is 1. The highest BCUT2D eigenvalue weighted by Gasteiger charge is 2.21. The van der Waals surface area contributed by atoms with E-state index in [0.717, 1.165) is 55.4 Å². The highest BCUT2D eigenvalue weighted by Crippen LogP contribution is 2.44. The highest BCUT2D eigenvalue weighted by molar-refractivity contribution is 14.2. The van der Waals surface area contributed by atoms with E-state index in [0.29, 0.717) is 0 Å². The van der Waals surface area contributed by atoms with Gasteiger partial charge in [-0.3, -0.25) is 4.68 Å². The summed E-state index contributed by atoms with van der Waals surface area (Å²) in [6.45, 7) is 4.24. The van der Waals surface area contributed by atoms with Gasteiger partial charge in [0.2, 0.25) is 0 Å². The molecule has 0 saturated carbocycles. The standard InChI is InChI=1S/C21H22IN5OS/c1-11-14(15-10-25-27(4)12(15)2)9-24-20-18(11)19(21(26-20)29-22)13-6-7-17(28-5)16(8-13)23-3/h6-10,23H,1-5H3,(H,24,26). The minimum absolute atomic E-state index is 0.821. The maximum absolute atomic E-state index is 5.47. The molecule has 0 aliphatic carbocycles. The molecule has 0 aliphatic rings. The molecule has 0 fully saturated rings.